The van der Waals surface area contributed by atoms with Crippen LogP contribution in [0.25, 0.3) is 22.2 Å². The van der Waals surface area contributed by atoms with E-state index in [2.05, 4.69) is 26.1 Å². The Labute approximate surface area is 239 Å². The lowest BCUT2D eigenvalue weighted by atomic mass is 9.72. The van der Waals surface area contributed by atoms with Crippen molar-refractivity contribution in [2.75, 3.05) is 18.5 Å². The molecule has 0 radical (unpaired) electrons. The van der Waals surface area contributed by atoms with Gasteiger partial charge in [0.2, 0.25) is 0 Å². The van der Waals surface area contributed by atoms with Crippen molar-refractivity contribution in [1.29, 1.82) is 0 Å². The number of pyridine rings is 1. The number of esters is 1. The molecule has 208 valence electrons. The zero-order chi connectivity index (χ0) is 28.4. The molecule has 1 amide bonds. The van der Waals surface area contributed by atoms with Crippen molar-refractivity contribution in [2.24, 2.45) is 11.3 Å². The Morgan fingerprint density at radius 2 is 1.80 bits per heavy atom. The van der Waals surface area contributed by atoms with Gasteiger partial charge in [0, 0.05) is 15.8 Å². The van der Waals surface area contributed by atoms with Crippen LogP contribution >= 0.6 is 11.3 Å². The minimum atomic E-state index is -0.376. The van der Waals surface area contributed by atoms with E-state index in [1.54, 1.807) is 6.92 Å². The van der Waals surface area contributed by atoms with E-state index in [1.165, 1.54) is 16.2 Å². The molecule has 0 saturated heterocycles. The molecule has 40 heavy (non-hydrogen) atoms. The minimum absolute atomic E-state index is 0.169. The molecule has 2 aromatic carbocycles. The molecule has 0 spiro atoms. The molecule has 5 rings (SSSR count). The number of carbonyl (C=O) groups is 2. The number of para-hydroxylation sites is 1. The number of rotatable bonds is 7. The van der Waals surface area contributed by atoms with Crippen molar-refractivity contribution in [2.45, 2.75) is 53.9 Å². The Morgan fingerprint density at radius 1 is 1.05 bits per heavy atom. The van der Waals surface area contributed by atoms with E-state index in [-0.39, 0.29) is 23.9 Å². The van der Waals surface area contributed by atoms with Crippen molar-refractivity contribution >= 4 is 39.1 Å². The number of thiophene rings is 1. The zero-order valence-electron chi connectivity index (χ0n) is 23.8. The Kier molecular flexibility index (Phi) is 7.95. The highest BCUT2D eigenvalue weighted by atomic mass is 32.1. The molecule has 0 bridgehead atoms. The van der Waals surface area contributed by atoms with Gasteiger partial charge in [-0.25, -0.2) is 9.78 Å². The summed E-state index contributed by atoms with van der Waals surface area (Å²) < 4.78 is 11.0. The number of nitrogens with zero attached hydrogens (tertiary/aromatic N) is 1. The minimum Gasteiger partial charge on any atom is -0.494 e. The third kappa shape index (κ3) is 5.61. The number of fused-ring (bicyclic) bond motifs is 2. The van der Waals surface area contributed by atoms with Crippen LogP contribution in [0.3, 0.4) is 0 Å². The number of hydrogen-bond donors (Lipinski definition) is 1. The second kappa shape index (κ2) is 11.4. The van der Waals surface area contributed by atoms with Crippen LogP contribution in [0.15, 0.2) is 54.6 Å². The van der Waals surface area contributed by atoms with Crippen LogP contribution in [0.2, 0.25) is 0 Å². The van der Waals surface area contributed by atoms with E-state index < -0.39 is 0 Å². The summed E-state index contributed by atoms with van der Waals surface area (Å²) >= 11 is 1.51. The molecule has 0 fully saturated rings. The van der Waals surface area contributed by atoms with Gasteiger partial charge >= 0.3 is 5.97 Å². The van der Waals surface area contributed by atoms with Crippen LogP contribution in [0.5, 0.6) is 5.75 Å². The SMILES string of the molecule is CCOC(=O)c1c(NC(=O)c2cc(-c3ccc(OCC)cc3)nc3ccccc23)sc2c1CCC(C(C)(C)C)C2. The second-order valence-electron chi connectivity index (χ2n) is 11.2. The largest absolute Gasteiger partial charge is 0.494 e. The number of ether oxygens (including phenoxy) is 2. The van der Waals surface area contributed by atoms with E-state index in [0.29, 0.717) is 34.3 Å². The first-order valence-corrected chi connectivity index (χ1v) is 14.8. The van der Waals surface area contributed by atoms with Gasteiger partial charge in [-0.2, -0.15) is 0 Å². The van der Waals surface area contributed by atoms with E-state index in [9.17, 15) is 9.59 Å². The van der Waals surface area contributed by atoms with Crippen LogP contribution in [0, 0.1) is 11.3 Å². The Bertz CT molecular complexity index is 1550. The number of nitrogens with one attached hydrogen (secondary N) is 1. The highest BCUT2D eigenvalue weighted by molar-refractivity contribution is 7.17. The van der Waals surface area contributed by atoms with Gasteiger partial charge in [0.25, 0.3) is 5.91 Å². The van der Waals surface area contributed by atoms with Crippen LogP contribution in [-0.4, -0.2) is 30.1 Å². The molecule has 1 aliphatic carbocycles. The van der Waals surface area contributed by atoms with Crippen LogP contribution in [0.4, 0.5) is 5.00 Å². The molecule has 7 heteroatoms. The first kappa shape index (κ1) is 27.8. The normalized spacial score (nSPS) is 15.0. The fourth-order valence-corrected chi connectivity index (χ4v) is 6.71. The summed E-state index contributed by atoms with van der Waals surface area (Å²) in [6, 6.07) is 17.1. The molecular formula is C33H36N2O4S. The summed E-state index contributed by atoms with van der Waals surface area (Å²) in [5.41, 5.74) is 4.50. The summed E-state index contributed by atoms with van der Waals surface area (Å²) in [4.78, 5) is 33.0. The monoisotopic (exact) mass is 556 g/mol. The van der Waals surface area contributed by atoms with Crippen molar-refractivity contribution in [3.05, 3.63) is 76.2 Å². The average Bonchev–Trinajstić information content (AvgIpc) is 3.29. The van der Waals surface area contributed by atoms with Gasteiger partial charge in [-0.15, -0.1) is 11.3 Å². The number of benzene rings is 2. The smallest absolute Gasteiger partial charge is 0.341 e. The maximum absolute atomic E-state index is 13.9. The molecule has 2 aromatic heterocycles. The van der Waals surface area contributed by atoms with Crippen LogP contribution in [0.1, 0.15) is 72.2 Å². The van der Waals surface area contributed by atoms with Gasteiger partial charge in [-0.05, 0) is 86.4 Å². The lowest BCUT2D eigenvalue weighted by molar-refractivity contribution is 0.0526. The summed E-state index contributed by atoms with van der Waals surface area (Å²) in [7, 11) is 0. The predicted molar refractivity (Wildman–Crippen MR) is 162 cm³/mol. The van der Waals surface area contributed by atoms with Crippen molar-refractivity contribution in [3.8, 4) is 17.0 Å². The Balaban J connectivity index is 1.53. The molecule has 0 saturated carbocycles. The highest BCUT2D eigenvalue weighted by Crippen LogP contribution is 2.44. The summed E-state index contributed by atoms with van der Waals surface area (Å²) in [5.74, 6) is 0.645. The first-order chi connectivity index (χ1) is 19.2. The number of amides is 1. The van der Waals surface area contributed by atoms with E-state index in [0.717, 1.165) is 47.0 Å². The van der Waals surface area contributed by atoms with E-state index in [4.69, 9.17) is 14.5 Å². The van der Waals surface area contributed by atoms with Crippen molar-refractivity contribution in [1.82, 2.24) is 4.98 Å². The van der Waals surface area contributed by atoms with Gasteiger partial charge in [0.1, 0.15) is 10.8 Å². The molecule has 1 atom stereocenters. The fraction of sp³-hybridized carbons (Fsp3) is 0.364. The molecule has 0 aliphatic heterocycles. The number of anilines is 1. The Morgan fingerprint density at radius 3 is 2.50 bits per heavy atom. The summed E-state index contributed by atoms with van der Waals surface area (Å²) in [5, 5.41) is 4.42. The number of aromatic nitrogens is 1. The second-order valence-corrected chi connectivity index (χ2v) is 12.3. The van der Waals surface area contributed by atoms with Gasteiger partial charge in [-0.3, -0.25) is 4.79 Å². The molecule has 6 nitrogen and oxygen atoms in total. The summed E-state index contributed by atoms with van der Waals surface area (Å²) in [6.45, 7) is 11.4. The average molecular weight is 557 g/mol. The van der Waals surface area contributed by atoms with Gasteiger partial charge in [-0.1, -0.05) is 39.0 Å². The van der Waals surface area contributed by atoms with Crippen molar-refractivity contribution < 1.29 is 19.1 Å². The topological polar surface area (TPSA) is 77.5 Å². The third-order valence-corrected chi connectivity index (χ3v) is 8.79. The highest BCUT2D eigenvalue weighted by Gasteiger charge is 2.34. The number of hydrogen-bond acceptors (Lipinski definition) is 6. The van der Waals surface area contributed by atoms with E-state index >= 15 is 0 Å². The molecular weight excluding hydrogens is 520 g/mol. The summed E-state index contributed by atoms with van der Waals surface area (Å²) in [6.07, 6.45) is 2.71. The number of carbonyl (C=O) groups excluding carboxylic acids is 2. The predicted octanol–water partition coefficient (Wildman–Crippen LogP) is 7.94. The third-order valence-electron chi connectivity index (χ3n) is 7.62. The van der Waals surface area contributed by atoms with Gasteiger partial charge in [0.05, 0.1) is 35.6 Å². The molecule has 2 heterocycles. The molecule has 1 aliphatic rings. The van der Waals surface area contributed by atoms with Crippen LogP contribution in [-0.2, 0) is 17.6 Å². The molecule has 1 unspecified atom stereocenters. The standard InChI is InChI=1S/C33H36N2O4S/c1-6-38-22-15-12-20(13-16-22)27-19-25(23-10-8-9-11-26(23)34-27)30(36)35-31-29(32(37)39-7-2)24-17-14-21(33(3,4)5)18-28(24)40-31/h8-13,15-16,19,21H,6-7,14,17-18H2,1-5H3,(H,35,36). The zero-order valence-corrected chi connectivity index (χ0v) is 24.6. The quantitative estimate of drug-likeness (QED) is 0.234. The van der Waals surface area contributed by atoms with E-state index in [1.807, 2.05) is 61.5 Å². The molecule has 1 N–H and O–H groups in total. The van der Waals surface area contributed by atoms with Gasteiger partial charge < -0.3 is 14.8 Å². The maximum Gasteiger partial charge on any atom is 0.341 e. The molecule has 4 aromatic rings. The first-order valence-electron chi connectivity index (χ1n) is 14.0. The lowest BCUT2D eigenvalue weighted by Gasteiger charge is -2.33. The lowest BCUT2D eigenvalue weighted by Crippen LogP contribution is -2.26. The Hall–Kier alpha value is -3.71. The van der Waals surface area contributed by atoms with Gasteiger partial charge in [0.15, 0.2) is 0 Å². The van der Waals surface area contributed by atoms with Crippen LogP contribution < -0.4 is 10.1 Å². The fourth-order valence-electron chi connectivity index (χ4n) is 5.40. The maximum atomic E-state index is 13.9. The van der Waals surface area contributed by atoms with Crippen molar-refractivity contribution in [3.63, 3.8) is 0 Å².